The number of cyclic esters (lactones) is 2. The van der Waals surface area contributed by atoms with Crippen LogP contribution in [0.1, 0.15) is 31.4 Å². The fourth-order valence-electron chi connectivity index (χ4n) is 4.96. The molecule has 0 saturated carbocycles. The molecule has 1 saturated heterocycles. The molecule has 1 aromatic rings. The van der Waals surface area contributed by atoms with E-state index >= 15 is 0 Å². The van der Waals surface area contributed by atoms with E-state index in [9.17, 15) is 9.59 Å². The molecule has 0 amide bonds. The Kier molecular flexibility index (Phi) is 2.35. The zero-order chi connectivity index (χ0) is 14.8. The van der Waals surface area contributed by atoms with Crippen LogP contribution >= 0.6 is 0 Å². The first-order chi connectivity index (χ1) is 10.0. The number of ether oxygens (including phenoxy) is 1. The van der Waals surface area contributed by atoms with E-state index < -0.39 is 10.8 Å². The van der Waals surface area contributed by atoms with Gasteiger partial charge < -0.3 is 4.74 Å². The molecule has 0 aromatic heterocycles. The Morgan fingerprint density at radius 3 is 2.57 bits per heavy atom. The number of aryl methyl sites for hydroxylation is 1. The van der Waals surface area contributed by atoms with Crippen LogP contribution in [0.4, 0.5) is 0 Å². The number of hydrogen-bond donors (Lipinski definition) is 0. The summed E-state index contributed by atoms with van der Waals surface area (Å²) in [5.74, 6) is -0.704. The lowest BCUT2D eigenvalue weighted by Gasteiger charge is -2.52. The van der Waals surface area contributed by atoms with Crippen LogP contribution in [-0.2, 0) is 26.2 Å². The zero-order valence-electron chi connectivity index (χ0n) is 12.3. The maximum Gasteiger partial charge on any atom is 0.326 e. The number of allylic oxidation sites excluding steroid dienone is 2. The number of benzene rings is 1. The van der Waals surface area contributed by atoms with Crippen molar-refractivity contribution in [1.82, 2.24) is 0 Å². The van der Waals surface area contributed by atoms with Crippen molar-refractivity contribution in [3.05, 3.63) is 47.5 Å². The molecule has 0 radical (unpaired) electrons. The zero-order valence-corrected chi connectivity index (χ0v) is 12.3. The summed E-state index contributed by atoms with van der Waals surface area (Å²) in [5, 5.41) is 0. The molecule has 21 heavy (non-hydrogen) atoms. The Balaban J connectivity index is 2.12. The van der Waals surface area contributed by atoms with Gasteiger partial charge in [0.2, 0.25) is 0 Å². The molecule has 108 valence electrons. The minimum Gasteiger partial charge on any atom is -0.392 e. The quantitative estimate of drug-likeness (QED) is 0.417. The van der Waals surface area contributed by atoms with Gasteiger partial charge in [-0.15, -0.1) is 0 Å². The molecule has 1 aliphatic heterocycles. The van der Waals surface area contributed by atoms with Gasteiger partial charge in [0, 0.05) is 0 Å². The molecule has 0 N–H and O–H groups in total. The fourth-order valence-corrected chi connectivity index (χ4v) is 4.96. The van der Waals surface area contributed by atoms with E-state index in [1.54, 1.807) is 0 Å². The minimum atomic E-state index is -0.840. The molecular weight excluding hydrogens is 264 g/mol. The van der Waals surface area contributed by atoms with Crippen LogP contribution in [0.5, 0.6) is 0 Å². The molecule has 3 nitrogen and oxygen atoms in total. The van der Waals surface area contributed by atoms with E-state index in [4.69, 9.17) is 4.74 Å². The third-order valence-corrected chi connectivity index (χ3v) is 5.95. The number of fused-ring (bicyclic) bond motifs is 1. The molecular formula is C18H18O3. The highest BCUT2D eigenvalue weighted by molar-refractivity contribution is 6.07. The molecule has 3 heteroatoms. The van der Waals surface area contributed by atoms with Crippen LogP contribution in [0.25, 0.3) is 0 Å². The summed E-state index contributed by atoms with van der Waals surface area (Å²) in [6, 6.07) is 8.03. The minimum absolute atomic E-state index is 0.0148. The van der Waals surface area contributed by atoms with Crippen LogP contribution in [0.3, 0.4) is 0 Å². The molecule has 4 rings (SSSR count). The highest BCUT2D eigenvalue weighted by Crippen LogP contribution is 2.64. The van der Waals surface area contributed by atoms with Crippen LogP contribution in [-0.4, -0.2) is 11.9 Å². The van der Waals surface area contributed by atoms with Crippen molar-refractivity contribution >= 4 is 11.9 Å². The van der Waals surface area contributed by atoms with Crippen molar-refractivity contribution < 1.29 is 14.3 Å². The maximum atomic E-state index is 12.8. The summed E-state index contributed by atoms with van der Waals surface area (Å²) < 4.78 is 5.22. The maximum absolute atomic E-state index is 12.8. The predicted molar refractivity (Wildman–Crippen MR) is 77.4 cm³/mol. The van der Waals surface area contributed by atoms with E-state index in [2.05, 4.69) is 18.2 Å². The van der Waals surface area contributed by atoms with Crippen molar-refractivity contribution in [3.63, 3.8) is 0 Å². The average Bonchev–Trinajstić information content (AvgIpc) is 2.74. The smallest absolute Gasteiger partial charge is 0.326 e. The molecule has 4 atom stereocenters. The number of esters is 2. The number of carbonyl (C=O) groups excluding carboxylic acids is 2. The average molecular weight is 282 g/mol. The van der Waals surface area contributed by atoms with Crippen molar-refractivity contribution in [3.8, 4) is 0 Å². The first-order valence-electron chi connectivity index (χ1n) is 7.58. The Morgan fingerprint density at radius 1 is 1.05 bits per heavy atom. The van der Waals surface area contributed by atoms with Crippen LogP contribution < -0.4 is 0 Å². The Bertz CT molecular complexity index is 689. The summed E-state index contributed by atoms with van der Waals surface area (Å²) in [6.45, 7) is 4.06. The topological polar surface area (TPSA) is 43.4 Å². The van der Waals surface area contributed by atoms with Crippen LogP contribution in [0, 0.1) is 17.3 Å². The lowest BCUT2D eigenvalue weighted by molar-refractivity contribution is -0.156. The Labute approximate surface area is 124 Å². The summed E-state index contributed by atoms with van der Waals surface area (Å²) in [6.07, 6.45) is 5.66. The number of carbonyl (C=O) groups is 2. The predicted octanol–water partition coefficient (Wildman–Crippen LogP) is 2.78. The SMILES string of the molecule is CC1C=CC(C)C23C(=O)OC(=O)C12CCc1ccccc13. The van der Waals surface area contributed by atoms with E-state index in [-0.39, 0.29) is 23.8 Å². The van der Waals surface area contributed by atoms with E-state index in [0.29, 0.717) is 6.42 Å². The van der Waals surface area contributed by atoms with Crippen molar-refractivity contribution in [2.75, 3.05) is 0 Å². The van der Waals surface area contributed by atoms with Crippen molar-refractivity contribution in [2.45, 2.75) is 32.1 Å². The second kappa shape index (κ2) is 3.85. The van der Waals surface area contributed by atoms with E-state index in [0.717, 1.165) is 12.0 Å². The van der Waals surface area contributed by atoms with Gasteiger partial charge in [0.25, 0.3) is 0 Å². The Hall–Kier alpha value is -1.90. The van der Waals surface area contributed by atoms with E-state index in [1.807, 2.05) is 32.0 Å². The summed E-state index contributed by atoms with van der Waals surface area (Å²) >= 11 is 0. The van der Waals surface area contributed by atoms with Crippen molar-refractivity contribution in [2.24, 2.45) is 17.3 Å². The summed E-state index contributed by atoms with van der Waals surface area (Å²) in [7, 11) is 0. The molecule has 1 fully saturated rings. The summed E-state index contributed by atoms with van der Waals surface area (Å²) in [5.41, 5.74) is 0.601. The van der Waals surface area contributed by atoms with Crippen LogP contribution in [0.15, 0.2) is 36.4 Å². The van der Waals surface area contributed by atoms with Gasteiger partial charge in [0.15, 0.2) is 0 Å². The molecule has 3 aliphatic rings. The number of rotatable bonds is 0. The van der Waals surface area contributed by atoms with Crippen LogP contribution in [0.2, 0.25) is 0 Å². The molecule has 1 aromatic carbocycles. The second-order valence-electron chi connectivity index (χ2n) is 6.58. The van der Waals surface area contributed by atoms with Gasteiger partial charge in [-0.25, -0.2) is 0 Å². The summed E-state index contributed by atoms with van der Waals surface area (Å²) in [4.78, 5) is 25.5. The third kappa shape index (κ3) is 1.18. The molecule has 0 bridgehead atoms. The van der Waals surface area contributed by atoms with Gasteiger partial charge in [0.05, 0.1) is 5.41 Å². The molecule has 1 heterocycles. The van der Waals surface area contributed by atoms with Gasteiger partial charge in [-0.05, 0) is 35.8 Å². The Morgan fingerprint density at radius 2 is 1.76 bits per heavy atom. The molecule has 4 unspecified atom stereocenters. The fraction of sp³-hybridized carbons (Fsp3) is 0.444. The lowest BCUT2D eigenvalue weighted by Crippen LogP contribution is -2.59. The number of hydrogen-bond acceptors (Lipinski definition) is 3. The normalized spacial score (nSPS) is 40.3. The first kappa shape index (κ1) is 12.8. The lowest BCUT2D eigenvalue weighted by atomic mass is 9.45. The first-order valence-corrected chi connectivity index (χ1v) is 7.58. The molecule has 2 aliphatic carbocycles. The largest absolute Gasteiger partial charge is 0.392 e. The standard InChI is InChI=1S/C18H18O3/c1-11-7-8-12(2)18-14-6-4-3-5-13(14)9-10-17(11,18)15(19)21-16(18)20/h3-8,11-12H,9-10H2,1-2H3. The second-order valence-corrected chi connectivity index (χ2v) is 6.58. The monoisotopic (exact) mass is 282 g/mol. The van der Waals surface area contributed by atoms with Gasteiger partial charge in [0.1, 0.15) is 5.41 Å². The van der Waals surface area contributed by atoms with E-state index in [1.165, 1.54) is 5.56 Å². The van der Waals surface area contributed by atoms with Gasteiger partial charge >= 0.3 is 11.9 Å². The highest BCUT2D eigenvalue weighted by Gasteiger charge is 2.74. The van der Waals surface area contributed by atoms with Crippen molar-refractivity contribution in [1.29, 1.82) is 0 Å². The van der Waals surface area contributed by atoms with Gasteiger partial charge in [-0.3, -0.25) is 9.59 Å². The van der Waals surface area contributed by atoms with Gasteiger partial charge in [-0.2, -0.15) is 0 Å². The third-order valence-electron chi connectivity index (χ3n) is 5.95. The van der Waals surface area contributed by atoms with Gasteiger partial charge in [-0.1, -0.05) is 50.3 Å². The highest BCUT2D eigenvalue weighted by atomic mass is 16.6. The molecule has 0 spiro atoms.